The molecule has 19 heavy (non-hydrogen) atoms. The Hall–Kier alpha value is -1.56. The van der Waals surface area contributed by atoms with Crippen LogP contribution in [0.2, 0.25) is 5.02 Å². The van der Waals surface area contributed by atoms with Crippen molar-refractivity contribution in [3.05, 3.63) is 59.1 Å². The fourth-order valence-corrected chi connectivity index (χ4v) is 2.35. The molecule has 0 aliphatic carbocycles. The molecular weight excluding hydrogens is 286 g/mol. The number of ether oxygens (including phenoxy) is 1. The number of nitrogens with two attached hydrogens (primary N) is 1. The second kappa shape index (κ2) is 5.61. The zero-order valence-electron chi connectivity index (χ0n) is 9.91. The molecule has 0 unspecified atom stereocenters. The minimum absolute atomic E-state index is 0.0374. The van der Waals surface area contributed by atoms with Gasteiger partial charge in [0, 0.05) is 0 Å². The van der Waals surface area contributed by atoms with Gasteiger partial charge in [0.2, 0.25) is 10.0 Å². The normalized spacial score (nSPS) is 11.3. The van der Waals surface area contributed by atoms with Crippen LogP contribution in [0, 0.1) is 0 Å². The number of primary sulfonamides is 1. The van der Waals surface area contributed by atoms with Crippen LogP contribution in [-0.2, 0) is 16.6 Å². The van der Waals surface area contributed by atoms with E-state index in [1.807, 2.05) is 30.3 Å². The highest BCUT2D eigenvalue weighted by molar-refractivity contribution is 7.89. The minimum Gasteiger partial charge on any atom is -0.487 e. The van der Waals surface area contributed by atoms with Gasteiger partial charge in [-0.1, -0.05) is 41.9 Å². The van der Waals surface area contributed by atoms with E-state index in [0.29, 0.717) is 12.4 Å². The quantitative estimate of drug-likeness (QED) is 0.943. The summed E-state index contributed by atoms with van der Waals surface area (Å²) in [6.07, 6.45) is 0. The molecular formula is C13H12ClNO3S. The molecule has 2 N–H and O–H groups in total. The summed E-state index contributed by atoms with van der Waals surface area (Å²) in [6.45, 7) is 0.356. The molecule has 0 aliphatic rings. The predicted molar refractivity (Wildman–Crippen MR) is 73.6 cm³/mol. The minimum atomic E-state index is -3.75. The maximum atomic E-state index is 11.2. The van der Waals surface area contributed by atoms with Crippen molar-refractivity contribution in [1.29, 1.82) is 0 Å². The second-order valence-corrected chi connectivity index (χ2v) is 5.88. The molecule has 0 bridgehead atoms. The number of hydrogen-bond acceptors (Lipinski definition) is 3. The molecule has 100 valence electrons. The number of rotatable bonds is 4. The highest BCUT2D eigenvalue weighted by Gasteiger charge is 2.11. The number of hydrogen-bond donors (Lipinski definition) is 1. The first kappa shape index (κ1) is 13.9. The molecule has 6 heteroatoms. The molecule has 2 aromatic rings. The molecule has 0 fully saturated rings. The van der Waals surface area contributed by atoms with Crippen LogP contribution < -0.4 is 9.88 Å². The average molecular weight is 298 g/mol. The Balaban J connectivity index is 2.14. The topological polar surface area (TPSA) is 69.4 Å². The van der Waals surface area contributed by atoms with Crippen molar-refractivity contribution in [2.75, 3.05) is 0 Å². The van der Waals surface area contributed by atoms with E-state index in [9.17, 15) is 8.42 Å². The SMILES string of the molecule is NS(=O)(=O)c1ccc(OCc2ccccc2)c(Cl)c1. The molecule has 0 atom stereocenters. The zero-order valence-corrected chi connectivity index (χ0v) is 11.5. The fourth-order valence-electron chi connectivity index (χ4n) is 1.51. The molecule has 2 aromatic carbocycles. The third kappa shape index (κ3) is 3.70. The van der Waals surface area contributed by atoms with Gasteiger partial charge in [-0.15, -0.1) is 0 Å². The van der Waals surface area contributed by atoms with Gasteiger partial charge in [0.25, 0.3) is 0 Å². The van der Waals surface area contributed by atoms with Crippen LogP contribution in [-0.4, -0.2) is 8.42 Å². The smallest absolute Gasteiger partial charge is 0.238 e. The van der Waals surface area contributed by atoms with Gasteiger partial charge in [-0.3, -0.25) is 0 Å². The van der Waals surface area contributed by atoms with Gasteiger partial charge < -0.3 is 4.74 Å². The lowest BCUT2D eigenvalue weighted by molar-refractivity contribution is 0.306. The summed E-state index contributed by atoms with van der Waals surface area (Å²) in [7, 11) is -3.75. The van der Waals surface area contributed by atoms with E-state index in [-0.39, 0.29) is 9.92 Å². The molecule has 0 aromatic heterocycles. The van der Waals surface area contributed by atoms with Crippen molar-refractivity contribution in [3.8, 4) is 5.75 Å². The summed E-state index contributed by atoms with van der Waals surface area (Å²) in [5.41, 5.74) is 0.995. The fraction of sp³-hybridized carbons (Fsp3) is 0.0769. The first-order valence-corrected chi connectivity index (χ1v) is 7.38. The monoisotopic (exact) mass is 297 g/mol. The summed E-state index contributed by atoms with van der Waals surface area (Å²) >= 11 is 5.96. The van der Waals surface area contributed by atoms with Crippen molar-refractivity contribution in [2.24, 2.45) is 5.14 Å². The van der Waals surface area contributed by atoms with Gasteiger partial charge in [-0.2, -0.15) is 0 Å². The van der Waals surface area contributed by atoms with Gasteiger partial charge in [0.1, 0.15) is 12.4 Å². The van der Waals surface area contributed by atoms with Crippen LogP contribution in [0.3, 0.4) is 0 Å². The molecule has 0 amide bonds. The molecule has 2 rings (SSSR count). The van der Waals surface area contributed by atoms with E-state index in [1.54, 1.807) is 0 Å². The van der Waals surface area contributed by atoms with Gasteiger partial charge in [-0.25, -0.2) is 13.6 Å². The van der Waals surface area contributed by atoms with Gasteiger partial charge in [0.15, 0.2) is 0 Å². The number of sulfonamides is 1. The summed E-state index contributed by atoms with van der Waals surface area (Å²) in [4.78, 5) is -0.0374. The molecule has 0 spiro atoms. The van der Waals surface area contributed by atoms with E-state index in [0.717, 1.165) is 5.56 Å². The van der Waals surface area contributed by atoms with E-state index in [4.69, 9.17) is 21.5 Å². The van der Waals surface area contributed by atoms with Crippen molar-refractivity contribution in [1.82, 2.24) is 0 Å². The van der Waals surface area contributed by atoms with Crippen molar-refractivity contribution in [3.63, 3.8) is 0 Å². The van der Waals surface area contributed by atoms with Crippen LogP contribution in [0.25, 0.3) is 0 Å². The van der Waals surface area contributed by atoms with Gasteiger partial charge >= 0.3 is 0 Å². The molecule has 4 nitrogen and oxygen atoms in total. The first-order chi connectivity index (χ1) is 8.97. The Morgan fingerprint density at radius 3 is 2.37 bits per heavy atom. The maximum Gasteiger partial charge on any atom is 0.238 e. The highest BCUT2D eigenvalue weighted by atomic mass is 35.5. The first-order valence-electron chi connectivity index (χ1n) is 5.46. The Labute approximate surface area is 116 Å². The van der Waals surface area contributed by atoms with Crippen molar-refractivity contribution >= 4 is 21.6 Å². The maximum absolute atomic E-state index is 11.2. The van der Waals surface area contributed by atoms with E-state index in [2.05, 4.69) is 0 Å². The number of halogens is 1. The highest BCUT2D eigenvalue weighted by Crippen LogP contribution is 2.27. The van der Waals surface area contributed by atoms with Crippen molar-refractivity contribution < 1.29 is 13.2 Å². The lowest BCUT2D eigenvalue weighted by Crippen LogP contribution is -2.12. The average Bonchev–Trinajstić information content (AvgIpc) is 2.37. The van der Waals surface area contributed by atoms with Crippen LogP contribution in [0.4, 0.5) is 0 Å². The van der Waals surface area contributed by atoms with Gasteiger partial charge in [0.05, 0.1) is 9.92 Å². The van der Waals surface area contributed by atoms with E-state index < -0.39 is 10.0 Å². The standard InChI is InChI=1S/C13H12ClNO3S/c14-12-8-11(19(15,16)17)6-7-13(12)18-9-10-4-2-1-3-5-10/h1-8H,9H2,(H2,15,16,17). The van der Waals surface area contributed by atoms with Gasteiger partial charge in [-0.05, 0) is 23.8 Å². The summed E-state index contributed by atoms with van der Waals surface area (Å²) in [6, 6.07) is 13.7. The Bertz CT molecular complexity index is 672. The molecule has 0 saturated carbocycles. The lowest BCUT2D eigenvalue weighted by atomic mass is 10.2. The Morgan fingerprint density at radius 2 is 1.79 bits per heavy atom. The molecule has 0 heterocycles. The van der Waals surface area contributed by atoms with E-state index in [1.165, 1.54) is 18.2 Å². The number of benzene rings is 2. The Kier molecular flexibility index (Phi) is 4.09. The lowest BCUT2D eigenvalue weighted by Gasteiger charge is -2.09. The summed E-state index contributed by atoms with van der Waals surface area (Å²) in [5.74, 6) is 0.415. The van der Waals surface area contributed by atoms with E-state index >= 15 is 0 Å². The second-order valence-electron chi connectivity index (χ2n) is 3.91. The summed E-state index contributed by atoms with van der Waals surface area (Å²) < 4.78 is 27.8. The van der Waals surface area contributed by atoms with Crippen LogP contribution in [0.15, 0.2) is 53.4 Å². The Morgan fingerprint density at radius 1 is 1.11 bits per heavy atom. The molecule has 0 saturated heterocycles. The van der Waals surface area contributed by atoms with Crippen molar-refractivity contribution in [2.45, 2.75) is 11.5 Å². The molecule has 0 aliphatic heterocycles. The van der Waals surface area contributed by atoms with Crippen LogP contribution in [0.5, 0.6) is 5.75 Å². The zero-order chi connectivity index (χ0) is 13.9. The third-order valence-electron chi connectivity index (χ3n) is 2.47. The van der Waals surface area contributed by atoms with Crippen LogP contribution in [0.1, 0.15) is 5.56 Å². The molecule has 0 radical (unpaired) electrons. The van der Waals surface area contributed by atoms with Crippen LogP contribution >= 0.6 is 11.6 Å². The predicted octanol–water partition coefficient (Wildman–Crippen LogP) is 2.57. The largest absolute Gasteiger partial charge is 0.487 e. The summed E-state index contributed by atoms with van der Waals surface area (Å²) in [5, 5.41) is 5.22. The third-order valence-corrected chi connectivity index (χ3v) is 3.68.